The van der Waals surface area contributed by atoms with E-state index < -0.39 is 5.97 Å². The molecule has 6 heteroatoms. The number of anilines is 1. The molecule has 0 aliphatic heterocycles. The summed E-state index contributed by atoms with van der Waals surface area (Å²) in [6.45, 7) is 5.79. The number of hydrogen-bond donors (Lipinski definition) is 2. The average molecular weight is 266 g/mol. The number of rotatable bonds is 4. The van der Waals surface area contributed by atoms with Gasteiger partial charge in [-0.15, -0.1) is 0 Å². The Kier molecular flexibility index (Phi) is 3.38. The highest BCUT2D eigenvalue weighted by molar-refractivity contribution is 7.17. The normalized spacial score (nSPS) is 12.4. The SMILES string of the molecule is Cc1cc(C(C)Nc2ncc(C(=O)O)s2)c(C)o1. The Morgan fingerprint density at radius 1 is 1.56 bits per heavy atom. The van der Waals surface area contributed by atoms with Gasteiger partial charge >= 0.3 is 5.97 Å². The maximum atomic E-state index is 10.8. The van der Waals surface area contributed by atoms with Gasteiger partial charge in [0.2, 0.25) is 0 Å². The fourth-order valence-corrected chi connectivity index (χ4v) is 2.53. The summed E-state index contributed by atoms with van der Waals surface area (Å²) in [5, 5.41) is 12.6. The molecule has 1 atom stereocenters. The molecule has 0 saturated carbocycles. The van der Waals surface area contributed by atoms with Gasteiger partial charge < -0.3 is 14.8 Å². The second-order valence-electron chi connectivity index (χ2n) is 4.07. The summed E-state index contributed by atoms with van der Waals surface area (Å²) in [7, 11) is 0. The lowest BCUT2D eigenvalue weighted by Crippen LogP contribution is -2.06. The van der Waals surface area contributed by atoms with Crippen molar-refractivity contribution in [3.8, 4) is 0 Å². The van der Waals surface area contributed by atoms with E-state index in [-0.39, 0.29) is 10.9 Å². The van der Waals surface area contributed by atoms with Crippen LogP contribution in [0.3, 0.4) is 0 Å². The molecule has 18 heavy (non-hydrogen) atoms. The first-order valence-electron chi connectivity index (χ1n) is 5.50. The van der Waals surface area contributed by atoms with E-state index in [0.717, 1.165) is 28.4 Å². The molecular weight excluding hydrogens is 252 g/mol. The summed E-state index contributed by atoms with van der Waals surface area (Å²) < 4.78 is 5.47. The Labute approximate surface area is 108 Å². The van der Waals surface area contributed by atoms with Crippen molar-refractivity contribution in [2.24, 2.45) is 0 Å². The van der Waals surface area contributed by atoms with E-state index in [0.29, 0.717) is 5.13 Å². The van der Waals surface area contributed by atoms with E-state index in [4.69, 9.17) is 9.52 Å². The third-order valence-corrected chi connectivity index (χ3v) is 3.52. The van der Waals surface area contributed by atoms with Crippen LogP contribution in [0, 0.1) is 13.8 Å². The zero-order chi connectivity index (χ0) is 13.3. The molecule has 0 spiro atoms. The van der Waals surface area contributed by atoms with Gasteiger partial charge in [-0.3, -0.25) is 0 Å². The molecule has 0 amide bonds. The van der Waals surface area contributed by atoms with Gasteiger partial charge in [0.25, 0.3) is 0 Å². The first-order chi connectivity index (χ1) is 8.47. The van der Waals surface area contributed by atoms with Crippen molar-refractivity contribution in [1.82, 2.24) is 4.98 Å². The average Bonchev–Trinajstić information content (AvgIpc) is 2.85. The monoisotopic (exact) mass is 266 g/mol. The Hall–Kier alpha value is -1.82. The molecule has 0 aromatic carbocycles. The fraction of sp³-hybridized carbons (Fsp3) is 0.333. The quantitative estimate of drug-likeness (QED) is 0.888. The number of carboxylic acids is 1. The highest BCUT2D eigenvalue weighted by Crippen LogP contribution is 2.27. The molecule has 1 unspecified atom stereocenters. The van der Waals surface area contributed by atoms with Crippen molar-refractivity contribution in [3.63, 3.8) is 0 Å². The second-order valence-corrected chi connectivity index (χ2v) is 5.10. The molecule has 96 valence electrons. The number of nitrogens with zero attached hydrogens (tertiary/aromatic N) is 1. The third kappa shape index (κ3) is 2.53. The lowest BCUT2D eigenvalue weighted by Gasteiger charge is -2.11. The number of aryl methyl sites for hydroxylation is 2. The van der Waals surface area contributed by atoms with E-state index in [2.05, 4.69) is 10.3 Å². The number of furan rings is 1. The third-order valence-electron chi connectivity index (χ3n) is 2.60. The molecule has 0 bridgehead atoms. The summed E-state index contributed by atoms with van der Waals surface area (Å²) in [6.07, 6.45) is 1.36. The minimum Gasteiger partial charge on any atom is -0.477 e. The van der Waals surface area contributed by atoms with E-state index in [1.54, 1.807) is 0 Å². The molecular formula is C12H14N2O3S. The predicted molar refractivity (Wildman–Crippen MR) is 69.3 cm³/mol. The minimum absolute atomic E-state index is 0.0234. The van der Waals surface area contributed by atoms with Crippen molar-refractivity contribution in [2.45, 2.75) is 26.8 Å². The molecule has 5 nitrogen and oxygen atoms in total. The van der Waals surface area contributed by atoms with Gasteiger partial charge in [0.05, 0.1) is 12.2 Å². The number of thiazole rings is 1. The van der Waals surface area contributed by atoms with Crippen LogP contribution in [0.5, 0.6) is 0 Å². The van der Waals surface area contributed by atoms with Crippen LogP contribution in [0.1, 0.15) is 39.7 Å². The van der Waals surface area contributed by atoms with Gasteiger partial charge in [0.15, 0.2) is 5.13 Å². The molecule has 0 radical (unpaired) electrons. The van der Waals surface area contributed by atoms with E-state index in [1.165, 1.54) is 6.20 Å². The maximum absolute atomic E-state index is 10.8. The largest absolute Gasteiger partial charge is 0.477 e. The summed E-state index contributed by atoms with van der Waals surface area (Å²) >= 11 is 1.12. The van der Waals surface area contributed by atoms with Crippen LogP contribution in [-0.2, 0) is 0 Å². The highest BCUT2D eigenvalue weighted by Gasteiger charge is 2.15. The van der Waals surface area contributed by atoms with Crippen molar-refractivity contribution >= 4 is 22.4 Å². The molecule has 2 aromatic heterocycles. The molecule has 2 heterocycles. The Bertz CT molecular complexity index is 574. The Balaban J connectivity index is 2.13. The molecule has 0 aliphatic carbocycles. The van der Waals surface area contributed by atoms with Crippen LogP contribution >= 0.6 is 11.3 Å². The lowest BCUT2D eigenvalue weighted by molar-refractivity contribution is 0.0702. The lowest BCUT2D eigenvalue weighted by atomic mass is 10.1. The Morgan fingerprint density at radius 2 is 2.28 bits per heavy atom. The van der Waals surface area contributed by atoms with Gasteiger partial charge in [-0.05, 0) is 26.8 Å². The topological polar surface area (TPSA) is 75.4 Å². The zero-order valence-corrected chi connectivity index (χ0v) is 11.2. The van der Waals surface area contributed by atoms with E-state index in [1.807, 2.05) is 26.8 Å². The summed E-state index contributed by atoms with van der Waals surface area (Å²) in [4.78, 5) is 15.0. The van der Waals surface area contributed by atoms with Crippen LogP contribution in [-0.4, -0.2) is 16.1 Å². The number of nitrogens with one attached hydrogen (secondary N) is 1. The molecule has 2 rings (SSSR count). The molecule has 2 N–H and O–H groups in total. The summed E-state index contributed by atoms with van der Waals surface area (Å²) in [5.41, 5.74) is 1.06. The van der Waals surface area contributed by atoms with Gasteiger partial charge in [0, 0.05) is 5.56 Å². The summed E-state index contributed by atoms with van der Waals surface area (Å²) in [6, 6.07) is 1.99. The fourth-order valence-electron chi connectivity index (χ4n) is 1.78. The van der Waals surface area contributed by atoms with Crippen LogP contribution in [0.15, 0.2) is 16.7 Å². The number of carboxylic acid groups (broad SMARTS) is 1. The van der Waals surface area contributed by atoms with Crippen LogP contribution in [0.4, 0.5) is 5.13 Å². The van der Waals surface area contributed by atoms with Crippen molar-refractivity contribution in [2.75, 3.05) is 5.32 Å². The highest BCUT2D eigenvalue weighted by atomic mass is 32.1. The summed E-state index contributed by atoms with van der Waals surface area (Å²) in [5.74, 6) is 0.771. The maximum Gasteiger partial charge on any atom is 0.347 e. The van der Waals surface area contributed by atoms with Gasteiger partial charge in [-0.2, -0.15) is 0 Å². The van der Waals surface area contributed by atoms with E-state index in [9.17, 15) is 4.79 Å². The molecule has 0 saturated heterocycles. The van der Waals surface area contributed by atoms with Crippen LogP contribution in [0.25, 0.3) is 0 Å². The minimum atomic E-state index is -0.955. The predicted octanol–water partition coefficient (Wildman–Crippen LogP) is 3.22. The number of aromatic carboxylic acids is 1. The van der Waals surface area contributed by atoms with Crippen molar-refractivity contribution < 1.29 is 14.3 Å². The van der Waals surface area contributed by atoms with E-state index >= 15 is 0 Å². The molecule has 2 aromatic rings. The van der Waals surface area contributed by atoms with Gasteiger partial charge in [-0.25, -0.2) is 9.78 Å². The molecule has 0 fully saturated rings. The van der Waals surface area contributed by atoms with Crippen molar-refractivity contribution in [3.05, 3.63) is 34.2 Å². The number of carbonyl (C=O) groups is 1. The smallest absolute Gasteiger partial charge is 0.347 e. The van der Waals surface area contributed by atoms with Crippen molar-refractivity contribution in [1.29, 1.82) is 0 Å². The second kappa shape index (κ2) is 4.81. The van der Waals surface area contributed by atoms with Crippen LogP contribution in [0.2, 0.25) is 0 Å². The standard InChI is InChI=1S/C12H14N2O3S/c1-6-4-9(8(3)17-6)7(2)14-12-13-5-10(18-12)11(15)16/h4-5,7H,1-3H3,(H,13,14)(H,15,16). The zero-order valence-electron chi connectivity index (χ0n) is 10.4. The Morgan fingerprint density at radius 3 is 2.78 bits per heavy atom. The number of hydrogen-bond acceptors (Lipinski definition) is 5. The van der Waals surface area contributed by atoms with Gasteiger partial charge in [0.1, 0.15) is 16.4 Å². The first-order valence-corrected chi connectivity index (χ1v) is 6.31. The molecule has 0 aliphatic rings. The van der Waals surface area contributed by atoms with Crippen LogP contribution < -0.4 is 5.32 Å². The number of aromatic nitrogens is 1. The van der Waals surface area contributed by atoms with Gasteiger partial charge in [-0.1, -0.05) is 11.3 Å². The first kappa shape index (κ1) is 12.6.